The molecule has 0 aliphatic carbocycles. The number of carbonyl (C=O) groups is 2. The minimum Gasteiger partial charge on any atom is -0.436 e. The van der Waals surface area contributed by atoms with E-state index in [0.29, 0.717) is 12.1 Å². The average Bonchev–Trinajstić information content (AvgIpc) is 2.99. The molecule has 0 N–H and O–H groups in total. The predicted octanol–water partition coefficient (Wildman–Crippen LogP) is 6.38. The van der Waals surface area contributed by atoms with Gasteiger partial charge in [-0.1, -0.05) is 48.5 Å². The Bertz CT molecular complexity index is 1140. The molecule has 202 valence electrons. The van der Waals surface area contributed by atoms with Crippen LogP contribution in [0.5, 0.6) is 0 Å². The van der Waals surface area contributed by atoms with Crippen LogP contribution in [-0.4, -0.2) is 36.6 Å². The third kappa shape index (κ3) is 4.56. The Labute approximate surface area is 198 Å². The second-order valence-electron chi connectivity index (χ2n) is 7.65. The van der Waals surface area contributed by atoms with Crippen molar-refractivity contribution in [1.29, 1.82) is 0 Å². The van der Waals surface area contributed by atoms with E-state index in [1.807, 2.05) is 0 Å². The highest BCUT2D eigenvalue weighted by Gasteiger charge is 2.81. The number of para-hydroxylation sites is 1. The lowest BCUT2D eigenvalue weighted by molar-refractivity contribution is -0.289. The van der Waals surface area contributed by atoms with Gasteiger partial charge in [0.2, 0.25) is 12.1 Å². The zero-order valence-electron chi connectivity index (χ0n) is 17.6. The largest absolute Gasteiger partial charge is 0.436 e. The van der Waals surface area contributed by atoms with Gasteiger partial charge >= 0.3 is 30.7 Å². The molecule has 0 unspecified atom stereocenters. The minimum atomic E-state index is -6.38. The Hall–Kier alpha value is -3.46. The van der Waals surface area contributed by atoms with Gasteiger partial charge in [-0.05, 0) is 6.07 Å². The smallest absolute Gasteiger partial charge is 0.416 e. The predicted molar refractivity (Wildman–Crippen MR) is 98.6 cm³/mol. The van der Waals surface area contributed by atoms with Crippen molar-refractivity contribution < 1.29 is 67.0 Å². The number of hydrogen-bond acceptors (Lipinski definition) is 3. The highest BCUT2D eigenvalue weighted by molar-refractivity contribution is 6.10. The van der Waals surface area contributed by atoms with Crippen molar-refractivity contribution in [2.45, 2.75) is 36.3 Å². The van der Waals surface area contributed by atoms with Gasteiger partial charge < -0.3 is 4.74 Å². The summed E-state index contributed by atoms with van der Waals surface area (Å²) in [4.78, 5) is 24.7. The number of anilines is 1. The van der Waals surface area contributed by atoms with E-state index in [4.69, 9.17) is 0 Å². The van der Waals surface area contributed by atoms with Gasteiger partial charge in [-0.2, -0.15) is 52.7 Å². The van der Waals surface area contributed by atoms with Crippen LogP contribution in [0.4, 0.5) is 58.4 Å². The fraction of sp³-hybridized carbons (Fsp3) is 0.333. The van der Waals surface area contributed by atoms with Crippen molar-refractivity contribution in [2.24, 2.45) is 5.92 Å². The van der Waals surface area contributed by atoms with Crippen molar-refractivity contribution in [1.82, 2.24) is 0 Å². The van der Waals surface area contributed by atoms with Crippen molar-refractivity contribution in [3.63, 3.8) is 0 Å². The number of esters is 1. The van der Waals surface area contributed by atoms with Crippen molar-refractivity contribution in [3.8, 4) is 0 Å². The zero-order valence-corrected chi connectivity index (χ0v) is 17.6. The van der Waals surface area contributed by atoms with E-state index >= 15 is 0 Å². The molecule has 37 heavy (non-hydrogen) atoms. The minimum absolute atomic E-state index is 0.270. The molecule has 1 aliphatic rings. The van der Waals surface area contributed by atoms with Crippen LogP contribution >= 0.6 is 0 Å². The number of alkyl halides is 12. The Morgan fingerprint density at radius 2 is 1.19 bits per heavy atom. The van der Waals surface area contributed by atoms with Crippen LogP contribution in [-0.2, 0) is 19.7 Å². The molecule has 2 aromatic rings. The van der Waals surface area contributed by atoms with Crippen LogP contribution in [0.2, 0.25) is 0 Å². The molecule has 0 spiro atoms. The molecule has 0 fully saturated rings. The van der Waals surface area contributed by atoms with E-state index in [1.54, 1.807) is 0 Å². The lowest BCUT2D eigenvalue weighted by Crippen LogP contribution is -2.60. The number of halogens is 12. The molecule has 2 aromatic carbocycles. The van der Waals surface area contributed by atoms with Crippen molar-refractivity contribution in [3.05, 3.63) is 65.7 Å². The van der Waals surface area contributed by atoms with Gasteiger partial charge in [0.15, 0.2) is 0 Å². The maximum Gasteiger partial charge on any atom is 0.416 e. The number of ether oxygens (including phenoxy) is 1. The van der Waals surface area contributed by atoms with Gasteiger partial charge in [0.1, 0.15) is 0 Å². The fourth-order valence-corrected chi connectivity index (χ4v) is 3.87. The van der Waals surface area contributed by atoms with E-state index in [0.717, 1.165) is 30.3 Å². The maximum absolute atomic E-state index is 14.0. The van der Waals surface area contributed by atoms with Crippen LogP contribution in [0.25, 0.3) is 0 Å². The normalized spacial score (nSPS) is 17.1. The van der Waals surface area contributed by atoms with Gasteiger partial charge in [0, 0.05) is 11.1 Å². The van der Waals surface area contributed by atoms with Crippen molar-refractivity contribution >= 4 is 17.6 Å². The SMILES string of the molecule is O=C(O[C@H](c1ccccc1)N1C(=O)C(C(F)(F)F)(C(F)(F)F)c2ccccc21)C(C(F)(F)F)C(F)(F)F. The Balaban J connectivity index is 2.27. The van der Waals surface area contributed by atoms with Crippen LogP contribution in [0.15, 0.2) is 54.6 Å². The third-order valence-corrected chi connectivity index (χ3v) is 5.39. The first-order valence-corrected chi connectivity index (χ1v) is 9.71. The Morgan fingerprint density at radius 1 is 0.730 bits per heavy atom. The molecule has 1 heterocycles. The maximum atomic E-state index is 14.0. The number of fused-ring (bicyclic) bond motifs is 1. The summed E-state index contributed by atoms with van der Waals surface area (Å²) in [7, 11) is 0. The quantitative estimate of drug-likeness (QED) is 0.326. The topological polar surface area (TPSA) is 46.6 Å². The molecule has 1 amide bonds. The molecule has 0 bridgehead atoms. The van der Waals surface area contributed by atoms with Gasteiger partial charge in [-0.25, -0.2) is 0 Å². The summed E-state index contributed by atoms with van der Waals surface area (Å²) in [5.41, 5.74) is -8.86. The summed E-state index contributed by atoms with van der Waals surface area (Å²) in [5.74, 6) is -10.8. The van der Waals surface area contributed by atoms with Gasteiger partial charge in [-0.15, -0.1) is 0 Å². The van der Waals surface area contributed by atoms with E-state index in [-0.39, 0.29) is 6.07 Å². The van der Waals surface area contributed by atoms with E-state index in [1.165, 1.54) is 6.07 Å². The summed E-state index contributed by atoms with van der Waals surface area (Å²) in [6.45, 7) is 0. The molecule has 3 rings (SSSR count). The first-order chi connectivity index (χ1) is 16.8. The van der Waals surface area contributed by atoms with E-state index < -0.39 is 75.9 Å². The summed E-state index contributed by atoms with van der Waals surface area (Å²) in [6.07, 6.45) is -28.2. The molecule has 4 nitrogen and oxygen atoms in total. The highest BCUT2D eigenvalue weighted by Crippen LogP contribution is 2.60. The van der Waals surface area contributed by atoms with E-state index in [2.05, 4.69) is 4.74 Å². The number of nitrogens with zero attached hydrogens (tertiary/aromatic N) is 1. The summed E-state index contributed by atoms with van der Waals surface area (Å²) < 4.78 is 167. The van der Waals surface area contributed by atoms with E-state index in [9.17, 15) is 62.3 Å². The highest BCUT2D eigenvalue weighted by atomic mass is 19.4. The average molecular weight is 553 g/mol. The number of benzene rings is 2. The molecular formula is C21H11F12NO3. The summed E-state index contributed by atoms with van der Waals surface area (Å²) >= 11 is 0. The molecule has 0 aromatic heterocycles. The van der Waals surface area contributed by atoms with Gasteiger partial charge in [-0.3, -0.25) is 14.5 Å². The van der Waals surface area contributed by atoms with Crippen molar-refractivity contribution in [2.75, 3.05) is 4.90 Å². The second kappa shape index (κ2) is 8.83. The zero-order chi connectivity index (χ0) is 28.2. The molecule has 16 heteroatoms. The first kappa shape index (κ1) is 28.1. The second-order valence-corrected chi connectivity index (χ2v) is 7.65. The fourth-order valence-electron chi connectivity index (χ4n) is 3.87. The molecule has 1 atom stereocenters. The lowest BCUT2D eigenvalue weighted by Gasteiger charge is -2.35. The molecule has 0 saturated carbocycles. The Morgan fingerprint density at radius 3 is 1.65 bits per heavy atom. The van der Waals surface area contributed by atoms with Gasteiger partial charge in [0.05, 0.1) is 5.69 Å². The molecular weight excluding hydrogens is 542 g/mol. The van der Waals surface area contributed by atoms with Crippen LogP contribution in [0, 0.1) is 5.92 Å². The summed E-state index contributed by atoms with van der Waals surface area (Å²) in [6, 6.07) is 7.29. The number of rotatable bonds is 4. The van der Waals surface area contributed by atoms with Gasteiger partial charge in [0.25, 0.3) is 11.3 Å². The first-order valence-electron chi connectivity index (χ1n) is 9.71. The number of hydrogen-bond donors (Lipinski definition) is 0. The number of carbonyl (C=O) groups excluding carboxylic acids is 2. The third-order valence-electron chi connectivity index (χ3n) is 5.39. The monoisotopic (exact) mass is 553 g/mol. The molecule has 0 saturated heterocycles. The number of amides is 1. The lowest BCUT2D eigenvalue weighted by atomic mass is 9.80. The standard InChI is InChI=1S/C21H11F12NO3/c22-18(23,24)13(19(25,26)27)15(35)37-14(10-6-2-1-3-7-10)34-12-9-5-4-8-11(12)17(16(34)36,20(28,29)30)21(31,32)33/h1-9,13-14H/t14-/m1/s1. The van der Waals surface area contributed by atoms with Crippen LogP contribution in [0.3, 0.4) is 0 Å². The summed E-state index contributed by atoms with van der Waals surface area (Å²) in [5, 5.41) is 0. The molecule has 0 radical (unpaired) electrons. The van der Waals surface area contributed by atoms with Crippen LogP contribution < -0.4 is 4.90 Å². The Kier molecular flexibility index (Phi) is 6.71. The van der Waals surface area contributed by atoms with Crippen LogP contribution in [0.1, 0.15) is 17.4 Å². The molecule has 1 aliphatic heterocycles.